The van der Waals surface area contributed by atoms with E-state index in [0.29, 0.717) is 10.8 Å². The van der Waals surface area contributed by atoms with Gasteiger partial charge >= 0.3 is 7.60 Å². The lowest BCUT2D eigenvalue weighted by atomic mass is 10.6. The van der Waals surface area contributed by atoms with Crippen molar-refractivity contribution < 1.29 is 13.6 Å². The van der Waals surface area contributed by atoms with Crippen molar-refractivity contribution in [3.05, 3.63) is 18.6 Å². The maximum atomic E-state index is 13.0. The summed E-state index contributed by atoms with van der Waals surface area (Å²) in [7, 11) is -3.54. The van der Waals surface area contributed by atoms with E-state index in [0.717, 1.165) is 0 Å². The van der Waals surface area contributed by atoms with Gasteiger partial charge in [-0.3, -0.25) is 9.55 Å². The predicted molar refractivity (Wildman–Crippen MR) is 85.8 cm³/mol. The predicted octanol–water partition coefficient (Wildman–Crippen LogP) is 1.86. The maximum Gasteiger partial charge on any atom is 0.367 e. The molecule has 0 unspecified atom stereocenters. The van der Waals surface area contributed by atoms with E-state index in [1.807, 2.05) is 6.26 Å². The fourth-order valence-electron chi connectivity index (χ4n) is 1.88. The van der Waals surface area contributed by atoms with Crippen LogP contribution in [-0.2, 0) is 13.6 Å². The van der Waals surface area contributed by atoms with Crippen LogP contribution in [0.15, 0.2) is 23.6 Å². The summed E-state index contributed by atoms with van der Waals surface area (Å²) in [5.41, 5.74) is 6.15. The Morgan fingerprint density at radius 3 is 2.50 bits per heavy atom. The molecule has 0 aromatic carbocycles. The topological polar surface area (TPSA) is 105 Å². The molecule has 0 atom stereocenters. The van der Waals surface area contributed by atoms with Gasteiger partial charge < -0.3 is 14.8 Å². The van der Waals surface area contributed by atoms with Gasteiger partial charge in [0.25, 0.3) is 0 Å². The van der Waals surface area contributed by atoms with Crippen LogP contribution in [0.3, 0.4) is 0 Å². The summed E-state index contributed by atoms with van der Waals surface area (Å²) >= 11 is 1.31. The molecule has 2 N–H and O–H groups in total. The number of aromatic nitrogens is 4. The number of nitrogen functional groups attached to an aromatic ring is 1. The maximum absolute atomic E-state index is 13.0. The van der Waals surface area contributed by atoms with Gasteiger partial charge in [0.15, 0.2) is 5.82 Å². The van der Waals surface area contributed by atoms with Gasteiger partial charge in [-0.15, -0.1) is 11.8 Å². The molecule has 0 saturated heterocycles. The van der Waals surface area contributed by atoms with Crippen LogP contribution in [0.1, 0.15) is 13.8 Å². The van der Waals surface area contributed by atoms with Crippen LogP contribution in [0.25, 0.3) is 5.82 Å². The fourth-order valence-corrected chi connectivity index (χ4v) is 4.62. The third-order valence-electron chi connectivity index (χ3n) is 2.70. The molecule has 0 saturated carbocycles. The molecule has 0 amide bonds. The number of rotatable bonds is 7. The number of hydrogen-bond donors (Lipinski definition) is 1. The zero-order valence-corrected chi connectivity index (χ0v) is 14.3. The van der Waals surface area contributed by atoms with Crippen molar-refractivity contribution in [2.45, 2.75) is 18.9 Å². The standard InChI is InChI=1S/C12H18N5O3PS/c1-4-19-21(18,20-5-2)10-11(13)17(16-12(10)22-3)9-8-14-6-7-15-9/h6-8H,4-5,13H2,1-3H3. The van der Waals surface area contributed by atoms with Gasteiger partial charge in [-0.05, 0) is 20.1 Å². The molecule has 0 aliphatic heterocycles. The van der Waals surface area contributed by atoms with Gasteiger partial charge in [-0.25, -0.2) is 4.98 Å². The zero-order valence-electron chi connectivity index (χ0n) is 12.6. The Morgan fingerprint density at radius 2 is 2.00 bits per heavy atom. The number of anilines is 1. The van der Waals surface area contributed by atoms with E-state index in [9.17, 15) is 4.57 Å². The average Bonchev–Trinajstić information content (AvgIpc) is 2.86. The van der Waals surface area contributed by atoms with E-state index < -0.39 is 7.60 Å². The smallest absolute Gasteiger partial charge is 0.367 e. The summed E-state index contributed by atoms with van der Waals surface area (Å²) in [5, 5.41) is 5.10. The SMILES string of the molecule is CCOP(=O)(OCC)c1c(SC)nn(-c2cnccn2)c1N. The van der Waals surface area contributed by atoms with Gasteiger partial charge in [0.2, 0.25) is 0 Å². The molecule has 120 valence electrons. The first-order valence-corrected chi connectivity index (χ1v) is 9.42. The quantitative estimate of drug-likeness (QED) is 0.600. The molecular weight excluding hydrogens is 325 g/mol. The highest BCUT2D eigenvalue weighted by molar-refractivity contribution is 7.99. The summed E-state index contributed by atoms with van der Waals surface area (Å²) in [6.45, 7) is 3.96. The Bertz CT molecular complexity index is 669. The van der Waals surface area contributed by atoms with Crippen LogP contribution >= 0.6 is 19.4 Å². The monoisotopic (exact) mass is 343 g/mol. The van der Waals surface area contributed by atoms with Gasteiger partial charge in [0.05, 0.1) is 19.4 Å². The van der Waals surface area contributed by atoms with E-state index in [1.54, 1.807) is 20.0 Å². The first-order chi connectivity index (χ1) is 10.6. The van der Waals surface area contributed by atoms with Crippen LogP contribution in [-0.4, -0.2) is 39.2 Å². The minimum absolute atomic E-state index is 0.176. The van der Waals surface area contributed by atoms with Crippen LogP contribution in [0.2, 0.25) is 0 Å². The second-order valence-corrected chi connectivity index (χ2v) is 6.81. The first-order valence-electron chi connectivity index (χ1n) is 6.65. The van der Waals surface area contributed by atoms with Crippen molar-refractivity contribution in [3.8, 4) is 5.82 Å². The lowest BCUT2D eigenvalue weighted by Crippen LogP contribution is -2.16. The number of nitrogens with two attached hydrogens (primary N) is 1. The van der Waals surface area contributed by atoms with Crippen molar-refractivity contribution in [1.82, 2.24) is 19.7 Å². The highest BCUT2D eigenvalue weighted by Gasteiger charge is 2.36. The van der Waals surface area contributed by atoms with Crippen molar-refractivity contribution in [3.63, 3.8) is 0 Å². The van der Waals surface area contributed by atoms with Crippen molar-refractivity contribution >= 4 is 30.5 Å². The molecule has 10 heteroatoms. The highest BCUT2D eigenvalue weighted by Crippen LogP contribution is 2.50. The van der Waals surface area contributed by atoms with Crippen LogP contribution in [0.5, 0.6) is 0 Å². The summed E-state index contributed by atoms with van der Waals surface area (Å²) in [6, 6.07) is 0. The van der Waals surface area contributed by atoms with E-state index in [1.165, 1.54) is 28.8 Å². The third-order valence-corrected chi connectivity index (χ3v) is 5.70. The Kier molecular flexibility index (Phi) is 5.57. The largest absolute Gasteiger partial charge is 0.383 e. The van der Waals surface area contributed by atoms with Gasteiger partial charge in [-0.1, -0.05) is 0 Å². The lowest BCUT2D eigenvalue weighted by molar-refractivity contribution is 0.229. The molecule has 2 aromatic rings. The highest BCUT2D eigenvalue weighted by atomic mass is 32.2. The summed E-state index contributed by atoms with van der Waals surface area (Å²) < 4.78 is 25.2. The van der Waals surface area contributed by atoms with Crippen LogP contribution in [0, 0.1) is 0 Å². The average molecular weight is 343 g/mol. The Morgan fingerprint density at radius 1 is 1.32 bits per heavy atom. The number of thioether (sulfide) groups is 1. The summed E-state index contributed by atoms with van der Waals surface area (Å²) in [4.78, 5) is 8.13. The Balaban J connectivity index is 2.61. The lowest BCUT2D eigenvalue weighted by Gasteiger charge is -2.17. The van der Waals surface area contributed by atoms with E-state index in [-0.39, 0.29) is 24.3 Å². The van der Waals surface area contributed by atoms with Gasteiger partial charge in [-0.2, -0.15) is 9.78 Å². The van der Waals surface area contributed by atoms with E-state index in [4.69, 9.17) is 14.8 Å². The summed E-state index contributed by atoms with van der Waals surface area (Å²) in [5.74, 6) is 0.608. The molecular formula is C12H18N5O3PS. The third kappa shape index (κ3) is 3.17. The summed E-state index contributed by atoms with van der Waals surface area (Å²) in [6.07, 6.45) is 6.41. The fraction of sp³-hybridized carbons (Fsp3) is 0.417. The molecule has 0 aliphatic carbocycles. The number of hydrogen-bond acceptors (Lipinski definition) is 8. The van der Waals surface area contributed by atoms with Gasteiger partial charge in [0.1, 0.15) is 16.1 Å². The minimum atomic E-state index is -3.54. The zero-order chi connectivity index (χ0) is 16.2. The molecule has 22 heavy (non-hydrogen) atoms. The minimum Gasteiger partial charge on any atom is -0.383 e. The van der Waals surface area contributed by atoms with Crippen molar-refractivity contribution in [2.24, 2.45) is 0 Å². The molecule has 0 bridgehead atoms. The van der Waals surface area contributed by atoms with E-state index in [2.05, 4.69) is 15.1 Å². The molecule has 0 fully saturated rings. The van der Waals surface area contributed by atoms with E-state index >= 15 is 0 Å². The first kappa shape index (κ1) is 17.0. The number of nitrogens with zero attached hydrogens (tertiary/aromatic N) is 4. The molecule has 0 radical (unpaired) electrons. The van der Waals surface area contributed by atoms with Crippen LogP contribution in [0.4, 0.5) is 5.82 Å². The van der Waals surface area contributed by atoms with Crippen molar-refractivity contribution in [2.75, 3.05) is 25.2 Å². The molecule has 0 aliphatic rings. The molecule has 2 heterocycles. The molecule has 8 nitrogen and oxygen atoms in total. The molecule has 0 spiro atoms. The molecule has 2 rings (SSSR count). The Hall–Kier alpha value is -1.41. The normalized spacial score (nSPS) is 11.8. The van der Waals surface area contributed by atoms with Crippen molar-refractivity contribution in [1.29, 1.82) is 0 Å². The second kappa shape index (κ2) is 7.23. The van der Waals surface area contributed by atoms with Crippen LogP contribution < -0.4 is 11.0 Å². The van der Waals surface area contributed by atoms with Gasteiger partial charge in [0, 0.05) is 12.4 Å². The molecule has 2 aromatic heterocycles. The Labute approximate surface area is 133 Å². The second-order valence-electron chi connectivity index (χ2n) is 4.05.